The zero-order chi connectivity index (χ0) is 12.1. The van der Waals surface area contributed by atoms with Gasteiger partial charge in [0, 0.05) is 22.6 Å². The fourth-order valence-electron chi connectivity index (χ4n) is 2.10. The van der Waals surface area contributed by atoms with Crippen LogP contribution in [0, 0.1) is 0 Å². The number of anilines is 1. The molecule has 0 aliphatic carbocycles. The zero-order valence-corrected chi connectivity index (χ0v) is 11.3. The van der Waals surface area contributed by atoms with Crippen molar-refractivity contribution in [3.05, 3.63) is 28.7 Å². The fourth-order valence-corrected chi connectivity index (χ4v) is 2.50. The van der Waals surface area contributed by atoms with Gasteiger partial charge in [-0.05, 0) is 44.0 Å². The van der Waals surface area contributed by atoms with Crippen LogP contribution in [0.3, 0.4) is 0 Å². The lowest BCUT2D eigenvalue weighted by atomic mass is 10.1. The van der Waals surface area contributed by atoms with Crippen LogP contribution in [0.1, 0.15) is 25.7 Å². The Kier molecular flexibility index (Phi) is 4.57. The molecule has 1 aromatic carbocycles. The number of carbonyl (C=O) groups is 1. The molecule has 0 spiro atoms. The van der Waals surface area contributed by atoms with Crippen molar-refractivity contribution in [1.82, 2.24) is 5.32 Å². The molecule has 1 aliphatic rings. The summed E-state index contributed by atoms with van der Waals surface area (Å²) in [7, 11) is 0. The summed E-state index contributed by atoms with van der Waals surface area (Å²) in [6.07, 6.45) is 3.95. The average molecular weight is 297 g/mol. The molecule has 1 fully saturated rings. The maximum absolute atomic E-state index is 11.7. The van der Waals surface area contributed by atoms with E-state index in [0.717, 1.165) is 23.1 Å². The van der Waals surface area contributed by atoms with E-state index in [9.17, 15) is 4.79 Å². The summed E-state index contributed by atoms with van der Waals surface area (Å²) >= 11 is 3.38. The summed E-state index contributed by atoms with van der Waals surface area (Å²) in [4.78, 5) is 11.7. The SMILES string of the molecule is O=C(CCC1CCCN1)Nc1cccc(Br)c1. The molecule has 1 amide bonds. The topological polar surface area (TPSA) is 41.1 Å². The van der Waals surface area contributed by atoms with Crippen molar-refractivity contribution >= 4 is 27.5 Å². The van der Waals surface area contributed by atoms with E-state index in [4.69, 9.17) is 0 Å². The maximum atomic E-state index is 11.7. The van der Waals surface area contributed by atoms with Gasteiger partial charge in [0.25, 0.3) is 0 Å². The van der Waals surface area contributed by atoms with Crippen molar-refractivity contribution in [3.63, 3.8) is 0 Å². The largest absolute Gasteiger partial charge is 0.326 e. The number of amides is 1. The minimum atomic E-state index is 0.0943. The molecule has 1 unspecified atom stereocenters. The maximum Gasteiger partial charge on any atom is 0.224 e. The molecule has 0 saturated carbocycles. The summed E-state index contributed by atoms with van der Waals surface area (Å²) in [6, 6.07) is 8.20. The number of hydrogen-bond acceptors (Lipinski definition) is 2. The smallest absolute Gasteiger partial charge is 0.224 e. The normalized spacial score (nSPS) is 19.2. The van der Waals surface area contributed by atoms with Crippen molar-refractivity contribution in [2.45, 2.75) is 31.7 Å². The van der Waals surface area contributed by atoms with E-state index in [1.54, 1.807) is 0 Å². The van der Waals surface area contributed by atoms with Crippen LogP contribution in [0.15, 0.2) is 28.7 Å². The Labute approximate surface area is 110 Å². The molecule has 0 aromatic heterocycles. The fraction of sp³-hybridized carbons (Fsp3) is 0.462. The van der Waals surface area contributed by atoms with Crippen LogP contribution in [0.5, 0.6) is 0 Å². The predicted octanol–water partition coefficient (Wildman–Crippen LogP) is 2.92. The summed E-state index contributed by atoms with van der Waals surface area (Å²) in [5, 5.41) is 6.31. The van der Waals surface area contributed by atoms with Gasteiger partial charge in [0.05, 0.1) is 0 Å². The predicted molar refractivity (Wildman–Crippen MR) is 73.0 cm³/mol. The van der Waals surface area contributed by atoms with E-state index >= 15 is 0 Å². The molecular weight excluding hydrogens is 280 g/mol. The van der Waals surface area contributed by atoms with E-state index in [2.05, 4.69) is 26.6 Å². The number of halogens is 1. The lowest BCUT2D eigenvalue weighted by Gasteiger charge is -2.10. The molecule has 1 heterocycles. The van der Waals surface area contributed by atoms with Crippen LogP contribution in [0.2, 0.25) is 0 Å². The Morgan fingerprint density at radius 3 is 3.12 bits per heavy atom. The minimum absolute atomic E-state index is 0.0943. The molecule has 1 aromatic rings. The van der Waals surface area contributed by atoms with Gasteiger partial charge in [0.15, 0.2) is 0 Å². The highest BCUT2D eigenvalue weighted by molar-refractivity contribution is 9.10. The third-order valence-electron chi connectivity index (χ3n) is 2.99. The average Bonchev–Trinajstić information content (AvgIpc) is 2.79. The van der Waals surface area contributed by atoms with E-state index in [-0.39, 0.29) is 5.91 Å². The van der Waals surface area contributed by atoms with Crippen molar-refractivity contribution in [3.8, 4) is 0 Å². The molecule has 17 heavy (non-hydrogen) atoms. The Bertz CT molecular complexity index is 389. The number of nitrogens with one attached hydrogen (secondary N) is 2. The molecule has 2 N–H and O–H groups in total. The van der Waals surface area contributed by atoms with Crippen molar-refractivity contribution in [1.29, 1.82) is 0 Å². The van der Waals surface area contributed by atoms with Crippen LogP contribution in [0.25, 0.3) is 0 Å². The Morgan fingerprint density at radius 2 is 2.41 bits per heavy atom. The highest BCUT2D eigenvalue weighted by Gasteiger charge is 2.15. The molecule has 1 aliphatic heterocycles. The van der Waals surface area contributed by atoms with Crippen LogP contribution < -0.4 is 10.6 Å². The molecule has 4 heteroatoms. The number of hydrogen-bond donors (Lipinski definition) is 2. The Balaban J connectivity index is 1.76. The number of rotatable bonds is 4. The van der Waals surface area contributed by atoms with Gasteiger partial charge in [-0.2, -0.15) is 0 Å². The van der Waals surface area contributed by atoms with Gasteiger partial charge in [-0.15, -0.1) is 0 Å². The third-order valence-corrected chi connectivity index (χ3v) is 3.48. The molecule has 92 valence electrons. The van der Waals surface area contributed by atoms with Gasteiger partial charge in [0.1, 0.15) is 0 Å². The second-order valence-corrected chi connectivity index (χ2v) is 5.31. The summed E-state index contributed by atoms with van der Waals surface area (Å²) < 4.78 is 0.979. The van der Waals surface area contributed by atoms with Crippen LogP contribution in [0.4, 0.5) is 5.69 Å². The molecule has 2 rings (SSSR count). The minimum Gasteiger partial charge on any atom is -0.326 e. The first-order valence-corrected chi connectivity index (χ1v) is 6.82. The number of benzene rings is 1. The zero-order valence-electron chi connectivity index (χ0n) is 9.71. The van der Waals surface area contributed by atoms with Crippen molar-refractivity contribution in [2.24, 2.45) is 0 Å². The van der Waals surface area contributed by atoms with Crippen LogP contribution in [-0.4, -0.2) is 18.5 Å². The summed E-state index contributed by atoms with van der Waals surface area (Å²) in [5.41, 5.74) is 0.851. The van der Waals surface area contributed by atoms with Gasteiger partial charge < -0.3 is 10.6 Å². The monoisotopic (exact) mass is 296 g/mol. The van der Waals surface area contributed by atoms with Gasteiger partial charge in [-0.3, -0.25) is 4.79 Å². The first-order chi connectivity index (χ1) is 8.24. The number of carbonyl (C=O) groups excluding carboxylic acids is 1. The molecule has 0 radical (unpaired) electrons. The quantitative estimate of drug-likeness (QED) is 0.897. The third kappa shape index (κ3) is 4.13. The Hall–Kier alpha value is -0.870. The molecule has 1 saturated heterocycles. The van der Waals surface area contributed by atoms with Gasteiger partial charge in [0.2, 0.25) is 5.91 Å². The van der Waals surface area contributed by atoms with E-state index in [0.29, 0.717) is 12.5 Å². The molecule has 0 bridgehead atoms. The molecule has 3 nitrogen and oxygen atoms in total. The van der Waals surface area contributed by atoms with Gasteiger partial charge in [-0.25, -0.2) is 0 Å². The second kappa shape index (κ2) is 6.17. The summed E-state index contributed by atoms with van der Waals surface area (Å²) in [5.74, 6) is 0.0943. The molecule has 1 atom stereocenters. The highest BCUT2D eigenvalue weighted by atomic mass is 79.9. The second-order valence-electron chi connectivity index (χ2n) is 4.39. The van der Waals surface area contributed by atoms with Gasteiger partial charge >= 0.3 is 0 Å². The first kappa shape index (κ1) is 12.6. The van der Waals surface area contributed by atoms with Crippen molar-refractivity contribution < 1.29 is 4.79 Å². The lowest BCUT2D eigenvalue weighted by molar-refractivity contribution is -0.116. The van der Waals surface area contributed by atoms with Crippen LogP contribution >= 0.6 is 15.9 Å². The summed E-state index contributed by atoms with van der Waals surface area (Å²) in [6.45, 7) is 1.10. The van der Waals surface area contributed by atoms with Crippen molar-refractivity contribution in [2.75, 3.05) is 11.9 Å². The lowest BCUT2D eigenvalue weighted by Crippen LogP contribution is -2.23. The van der Waals surface area contributed by atoms with E-state index < -0.39 is 0 Å². The van der Waals surface area contributed by atoms with E-state index in [1.807, 2.05) is 24.3 Å². The van der Waals surface area contributed by atoms with Crippen LogP contribution in [-0.2, 0) is 4.79 Å². The first-order valence-electron chi connectivity index (χ1n) is 6.03. The Morgan fingerprint density at radius 1 is 1.53 bits per heavy atom. The highest BCUT2D eigenvalue weighted by Crippen LogP contribution is 2.16. The molecular formula is C13H17BrN2O. The standard InChI is InChI=1S/C13H17BrN2O/c14-10-3-1-4-12(9-10)16-13(17)7-6-11-5-2-8-15-11/h1,3-4,9,11,15H,2,5-8H2,(H,16,17). The van der Waals surface area contributed by atoms with E-state index in [1.165, 1.54) is 12.8 Å². The van der Waals surface area contributed by atoms with Gasteiger partial charge in [-0.1, -0.05) is 22.0 Å².